The van der Waals surface area contributed by atoms with Crippen LogP contribution in [0.3, 0.4) is 0 Å². The first-order valence-corrected chi connectivity index (χ1v) is 196. The van der Waals surface area contributed by atoms with Crippen LogP contribution in [0.2, 0.25) is 0 Å². The van der Waals surface area contributed by atoms with Gasteiger partial charge in [0.1, 0.15) is 0 Å². The predicted molar refractivity (Wildman–Crippen MR) is 800 cm³/mol. The zero-order valence-corrected chi connectivity index (χ0v) is 148. The number of hydrogen-bond acceptors (Lipinski definition) is 0. The minimum atomic E-state index is -0.630. The molecule has 53 unspecified atom stereocenters. The molecule has 0 N–H and O–H groups in total. The minimum Gasteiger partial charge on any atom is -0.516 e. The maximum absolute atomic E-state index is 4.77. The predicted octanol–water partition coefficient (Wildman–Crippen LogP) is 56.7. The van der Waals surface area contributed by atoms with Crippen LogP contribution in [-0.4, -0.2) is 0 Å². The molecule has 53 atom stereocenters. The first kappa shape index (κ1) is 137. The highest BCUT2D eigenvalue weighted by molar-refractivity contribution is 9.60. The molecule has 0 rings (SSSR count). The van der Waals surface area contributed by atoms with Gasteiger partial charge in [0.15, 0.2) is 0 Å². The van der Waals surface area contributed by atoms with Gasteiger partial charge in [0, 0.05) is 0 Å². The molecule has 0 nitrogen and oxygen atoms in total. The molecule has 0 aromatic carbocycles. The van der Waals surface area contributed by atoms with E-state index in [9.17, 15) is 0 Å². The Hall–Kier alpha value is 41.3. The summed E-state index contributed by atoms with van der Waals surface area (Å²) in [6, 6.07) is 0. The molecule has 0 saturated carbocycles. The van der Waals surface area contributed by atoms with Crippen LogP contribution in [0, 0.1) is 0 Å². The second kappa shape index (κ2) is 75.1. The highest BCUT2D eigenvalue weighted by Gasteiger charge is 2.67. The summed E-state index contributed by atoms with van der Waals surface area (Å²) in [4.78, 5) is 0. The van der Waals surface area contributed by atoms with Crippen LogP contribution in [0.4, 0.5) is 0 Å². The largest absolute Gasteiger partial charge is 0.516 e. The van der Waals surface area contributed by atoms with Gasteiger partial charge >= 0.3 is 0 Å². The van der Waals surface area contributed by atoms with Crippen LogP contribution in [0.25, 0.3) is 0 Å². The molecule has 96 heteroatoms. The highest BCUT2D eigenvalue weighted by Crippen LogP contribution is 3.54. The van der Waals surface area contributed by atoms with Crippen molar-refractivity contribution in [2.45, 2.75) is 0 Å². The highest BCUT2D eigenvalue weighted by atomic mass is 33.7. The molecule has 96 heavy (non-hydrogen) atoms. The molecule has 0 radical (unpaired) electrons. The summed E-state index contributed by atoms with van der Waals surface area (Å²) in [5.41, 5.74) is 0. The summed E-state index contributed by atoms with van der Waals surface area (Å²) in [6.07, 6.45) is 0. The Morgan fingerprint density at radius 3 is 0.219 bits per heavy atom. The molecular weight excluding hydrogens is 2970 g/mol. The standard InChI is InChI=1S/H97P96/c1-50(2)74(49)86(73(47)48)92(85(71(43)44)72(45)46)95(91(83(67(35)36)68(37)38)84(69(39)40)70(41)42)96(93(87(75(51(3)4)52(5)6)76(53(7)8)54(9)10)88(77(55(11)12)56(13)14)78(57(15)16)58(17)18)94(89(79(59(19)20)60(21)22)80(61(23)24)62(25)26)90(81(63(27)28)64(29)30)82(65(31)32)66(33)34/h1H,2-49H2/q-1. The average Bonchev–Trinajstić information content (AvgIpc) is 3.36. The molecule has 0 aliphatic heterocycles. The fourth-order valence-corrected chi connectivity index (χ4v) is 1420. The van der Waals surface area contributed by atoms with Gasteiger partial charge in [-0.05, 0) is 314 Å². The van der Waals surface area contributed by atoms with E-state index in [1.54, 1.807) is 0 Å². The van der Waals surface area contributed by atoms with E-state index in [-0.39, 0.29) is 0 Å². The molecule has 0 aliphatic rings. The van der Waals surface area contributed by atoms with E-state index in [0.717, 1.165) is 0 Å². The third-order valence-electron chi connectivity index (χ3n) is 8.51. The quantitative estimate of drug-likeness (QED) is 0.0533. The van der Waals surface area contributed by atoms with Gasteiger partial charge in [0.25, 0.3) is 0 Å². The van der Waals surface area contributed by atoms with Gasteiger partial charge in [0.05, 0.1) is 0 Å². The maximum atomic E-state index is 4.77. The smallest absolute Gasteiger partial charge is 0.000000246 e. The zero-order valence-electron chi connectivity index (χ0n) is 49.2. The van der Waals surface area contributed by atoms with Gasteiger partial charge in [-0.15, -0.1) is 429 Å². The minimum absolute atomic E-state index is 0.404. The first-order chi connectivity index (χ1) is 43.6. The lowest BCUT2D eigenvalue weighted by atomic mass is 28.3. The van der Waals surface area contributed by atoms with Crippen LogP contribution in [-0.2, 0) is 0 Å². The molecule has 0 heterocycles. The molecule has 0 saturated heterocycles. The number of rotatable bonds is 46. The molecule has 0 spiro atoms. The van der Waals surface area contributed by atoms with E-state index in [2.05, 4.69) is 429 Å². The molecule has 0 aromatic rings. The second-order valence-electron chi connectivity index (χ2n) is 15.3. The Labute approximate surface area is 753 Å². The monoisotopic (exact) mass is 3070 g/mol. The lowest BCUT2D eigenvalue weighted by Gasteiger charge is -2.64. The Balaban J connectivity index is 14.3. The van der Waals surface area contributed by atoms with Crippen LogP contribution < -0.4 is 0 Å². The Bertz CT molecular complexity index is 1600. The summed E-state index contributed by atoms with van der Waals surface area (Å²) >= 11 is 0. The van der Waals surface area contributed by atoms with E-state index in [0.29, 0.717) is 0 Å². The molecule has 0 fully saturated rings. The van der Waals surface area contributed by atoms with Gasteiger partial charge in [-0.2, -0.15) is 0 Å². The van der Waals surface area contributed by atoms with Crippen LogP contribution in [0.1, 0.15) is 0 Å². The van der Waals surface area contributed by atoms with Crippen molar-refractivity contribution in [3.05, 3.63) is 0 Å². The Kier molecular flexibility index (Phi) is 107. The van der Waals surface area contributed by atoms with Crippen LogP contribution in [0.5, 0.6) is 0 Å². The van der Waals surface area contributed by atoms with E-state index in [4.69, 9.17) is 8.93 Å². The van der Waals surface area contributed by atoms with Crippen molar-refractivity contribution < 1.29 is 0 Å². The first-order valence-electron chi connectivity index (χ1n) is 21.8. The van der Waals surface area contributed by atoms with Crippen molar-refractivity contribution in [2.24, 2.45) is 0 Å². The van der Waals surface area contributed by atoms with E-state index in [1.807, 2.05) is 0 Å². The lowest BCUT2D eigenvalue weighted by molar-refractivity contribution is 4.29. The summed E-state index contributed by atoms with van der Waals surface area (Å²) < 4.78 is 0. The summed E-state index contributed by atoms with van der Waals surface area (Å²) in [7, 11) is 186. The lowest BCUT2D eigenvalue weighted by Crippen LogP contribution is -1.77. The third-order valence-corrected chi connectivity index (χ3v) is 690. The summed E-state index contributed by atoms with van der Waals surface area (Å²) in [5.74, 6) is 0. The van der Waals surface area contributed by atoms with Gasteiger partial charge in [-0.3, -0.25) is 0 Å². The van der Waals surface area contributed by atoms with Crippen molar-refractivity contribution in [2.75, 3.05) is 0 Å². The van der Waals surface area contributed by atoms with Gasteiger partial charge in [-0.25, -0.2) is 6.99 Å². The van der Waals surface area contributed by atoms with Gasteiger partial charge in [-0.1, -0.05) is 6.99 Å². The average molecular weight is 3070 g/mol. The van der Waals surface area contributed by atoms with Crippen molar-refractivity contribution in [3.63, 3.8) is 0 Å². The number of hydrogen-bond donors (Lipinski definition) is 0. The third kappa shape index (κ3) is 48.1. The fraction of sp³-hybridized carbons (Fsp3) is 0. The maximum Gasteiger partial charge on any atom is -0.000000246 e. The molecule has 0 amide bonds. The van der Waals surface area contributed by atoms with Crippen molar-refractivity contribution >= 4 is 766 Å². The van der Waals surface area contributed by atoms with E-state index >= 15 is 0 Å². The molecule has 0 aliphatic carbocycles. The topological polar surface area (TPSA) is 0 Å². The van der Waals surface area contributed by atoms with Crippen molar-refractivity contribution in [1.29, 1.82) is 0 Å². The Morgan fingerprint density at radius 1 is 0.0938 bits per heavy atom. The normalized spacial score (nSPS) is 16.2. The van der Waals surface area contributed by atoms with Crippen molar-refractivity contribution in [1.82, 2.24) is 0 Å². The SMILES string of the molecule is [PH-]P(P)P(P)P(P(P)P)P(P(P(P)P)P(P)P)P(P(P(P(P)P)P(P)P)P(P(P)P)P(P)P)P(P(P(P(P(P)P)P(P)P)P(P(P)P)P(P)P)P(P(P(P)P)P(P)P)P(P(P)P)P(P)P)P(P(P(P(P)P)P(P)P)P(P(P)P)P(P)P)P(P(P(P)P)P(P)P)P(P(P)P)P(P)P. The Morgan fingerprint density at radius 2 is 0.156 bits per heavy atom. The van der Waals surface area contributed by atoms with E-state index < -0.39 is 328 Å². The molecule has 0 bridgehead atoms. The fourth-order valence-electron chi connectivity index (χ4n) is 5.86. The van der Waals surface area contributed by atoms with E-state index in [1.165, 1.54) is 0 Å². The van der Waals surface area contributed by atoms with Gasteiger partial charge in [0.2, 0.25) is 0 Å². The zero-order chi connectivity index (χ0) is 76.1. The summed E-state index contributed by atoms with van der Waals surface area (Å²) in [6.45, 7) is -21.0. The second-order valence-corrected chi connectivity index (χ2v) is 413. The summed E-state index contributed by atoms with van der Waals surface area (Å²) in [5, 5.41) is 0. The van der Waals surface area contributed by atoms with Gasteiger partial charge < -0.3 is 8.93 Å². The van der Waals surface area contributed by atoms with Crippen molar-refractivity contribution in [3.8, 4) is 0 Å². The van der Waals surface area contributed by atoms with Crippen LogP contribution >= 0.6 is 766 Å². The molecule has 578 valence electrons. The molecule has 0 aromatic heterocycles. The van der Waals surface area contributed by atoms with Crippen LogP contribution in [0.15, 0.2) is 0 Å². The molecular formula is H97P96-.